The molecule has 0 saturated carbocycles. The van der Waals surface area contributed by atoms with E-state index in [9.17, 15) is 0 Å². The Bertz CT molecular complexity index is 1200. The second kappa shape index (κ2) is 11.6. The summed E-state index contributed by atoms with van der Waals surface area (Å²) in [7, 11) is 0. The minimum atomic E-state index is -2.44. The molecule has 0 N–H and O–H groups in total. The van der Waals surface area contributed by atoms with Crippen LogP contribution >= 0.6 is 24.8 Å². The first-order valence-corrected chi connectivity index (χ1v) is 17.9. The quantitative estimate of drug-likeness (QED) is 0.187. The fraction of sp³-hybridized carbons (Fsp3) is 0.406. The molecule has 2 aromatic rings. The molecule has 0 bridgehead atoms. The van der Waals surface area contributed by atoms with E-state index < -0.39 is 21.0 Å². The average molecular weight is 676 g/mol. The van der Waals surface area contributed by atoms with E-state index in [1.165, 1.54) is 28.7 Å². The Kier molecular flexibility index (Phi) is 9.99. The Balaban J connectivity index is 0.00000216. The Morgan fingerprint density at radius 1 is 0.971 bits per heavy atom. The maximum atomic E-state index is 4.02. The first-order chi connectivity index (χ1) is 15.5. The molecular weight excluding hydrogens is 634 g/mol. The molecule has 0 saturated heterocycles. The van der Waals surface area contributed by atoms with Gasteiger partial charge in [0.05, 0.1) is 0 Å². The smallest absolute Gasteiger partial charge is 0.147 e. The molecule has 0 unspecified atom stereocenters. The molecule has 0 amide bonds. The molecule has 2 aromatic carbocycles. The second-order valence-corrected chi connectivity index (χ2v) is 21.7. The Hall–Kier alpha value is -1.02. The van der Waals surface area contributed by atoms with Crippen LogP contribution in [0.2, 0.25) is 0 Å². The van der Waals surface area contributed by atoms with Crippen molar-refractivity contribution in [2.75, 3.05) is 0 Å². The molecule has 0 atom stereocenters. The van der Waals surface area contributed by atoms with Crippen LogP contribution in [0, 0.1) is 0 Å². The Labute approximate surface area is 233 Å². The molecule has 2 aliphatic carbocycles. The van der Waals surface area contributed by atoms with E-state index in [1.54, 1.807) is 21.0 Å². The van der Waals surface area contributed by atoms with Gasteiger partial charge in [0, 0.05) is 0 Å². The van der Waals surface area contributed by atoms with Gasteiger partial charge in [-0.2, -0.15) is 0 Å². The van der Waals surface area contributed by atoms with Crippen molar-refractivity contribution in [3.05, 3.63) is 86.8 Å². The van der Waals surface area contributed by atoms with E-state index in [0.717, 1.165) is 19.3 Å². The van der Waals surface area contributed by atoms with Crippen LogP contribution in [0.1, 0.15) is 90.0 Å². The van der Waals surface area contributed by atoms with Gasteiger partial charge in [-0.25, -0.2) is 0 Å². The molecule has 0 aliphatic heterocycles. The van der Waals surface area contributed by atoms with Crippen LogP contribution in [0.15, 0.2) is 64.5 Å². The van der Waals surface area contributed by atoms with E-state index in [0.29, 0.717) is 0 Å². The maximum Gasteiger partial charge on any atom is -0.147 e. The van der Waals surface area contributed by atoms with Crippen molar-refractivity contribution in [2.45, 2.75) is 85.0 Å². The van der Waals surface area contributed by atoms with Gasteiger partial charge < -0.3 is 0 Å². The molecule has 188 valence electrons. The molecule has 0 nitrogen and oxygen atoms in total. The largest absolute Gasteiger partial charge is 0.147 e. The average Bonchev–Trinajstić information content (AvgIpc) is 3.38. The third-order valence-corrected chi connectivity index (χ3v) is 18.7. The van der Waals surface area contributed by atoms with Crippen LogP contribution in [0.25, 0.3) is 11.1 Å². The third-order valence-electron chi connectivity index (χ3n) is 7.24. The van der Waals surface area contributed by atoms with E-state index in [1.807, 2.05) is 0 Å². The van der Waals surface area contributed by atoms with Crippen LogP contribution in [0.4, 0.5) is 0 Å². The third kappa shape index (κ3) is 6.11. The van der Waals surface area contributed by atoms with Gasteiger partial charge >= 0.3 is 210 Å². The summed E-state index contributed by atoms with van der Waals surface area (Å²) in [5.74, 6) is 0. The second-order valence-electron chi connectivity index (χ2n) is 11.9. The van der Waals surface area contributed by atoms with E-state index >= 15 is 0 Å². The number of hydrogen-bond acceptors (Lipinski definition) is 0. The van der Waals surface area contributed by atoms with Crippen molar-refractivity contribution in [2.24, 2.45) is 0 Å². The Morgan fingerprint density at radius 3 is 2.23 bits per heavy atom. The Morgan fingerprint density at radius 2 is 1.66 bits per heavy atom. The van der Waals surface area contributed by atoms with Gasteiger partial charge in [-0.1, -0.05) is 0 Å². The van der Waals surface area contributed by atoms with Gasteiger partial charge in [-0.15, -0.1) is 24.8 Å². The summed E-state index contributed by atoms with van der Waals surface area (Å²) in [5.41, 5.74) is 9.51. The predicted molar refractivity (Wildman–Crippen MR) is 158 cm³/mol. The maximum absolute atomic E-state index is 4.02. The molecule has 0 fully saturated rings. The monoisotopic (exact) mass is 676 g/mol. The van der Waals surface area contributed by atoms with Gasteiger partial charge in [0.25, 0.3) is 0 Å². The summed E-state index contributed by atoms with van der Waals surface area (Å²) in [6.45, 7) is 20.7. The fourth-order valence-electron chi connectivity index (χ4n) is 5.38. The van der Waals surface area contributed by atoms with E-state index in [4.69, 9.17) is 0 Å². The first kappa shape index (κ1) is 30.2. The minimum Gasteiger partial charge on any atom is -0.147 e. The van der Waals surface area contributed by atoms with Gasteiger partial charge in [-0.3, -0.25) is 0 Å². The molecule has 3 heteroatoms. The summed E-state index contributed by atoms with van der Waals surface area (Å²) in [4.78, 5) is 0. The SMILES string of the molecule is C=CCC/[C](C)=[Hf](/[C]1=CC=CC1)[c]1c(C(C)(C)C)ccc2c1Cc1cc(C(C)(C)C)ccc1-2.Cl.Cl. The molecular formula is C32H42Cl2Hf. The van der Waals surface area contributed by atoms with E-state index in [2.05, 4.69) is 110 Å². The normalized spacial score (nSPS) is 14.9. The van der Waals surface area contributed by atoms with E-state index in [-0.39, 0.29) is 35.6 Å². The summed E-state index contributed by atoms with van der Waals surface area (Å²) in [5, 5.41) is 0. The number of allylic oxidation sites excluding steroid dienone is 5. The first-order valence-electron chi connectivity index (χ1n) is 12.5. The zero-order chi connectivity index (χ0) is 24.0. The zero-order valence-corrected chi connectivity index (χ0v) is 27.8. The molecule has 0 radical (unpaired) electrons. The van der Waals surface area contributed by atoms with Crippen molar-refractivity contribution < 1.29 is 21.0 Å². The van der Waals surface area contributed by atoms with Crippen molar-refractivity contribution in [1.82, 2.24) is 0 Å². The minimum absolute atomic E-state index is 0. The van der Waals surface area contributed by atoms with Gasteiger partial charge in [0.1, 0.15) is 0 Å². The van der Waals surface area contributed by atoms with Gasteiger partial charge in [0.2, 0.25) is 0 Å². The molecule has 0 spiro atoms. The fourth-order valence-corrected chi connectivity index (χ4v) is 18.1. The number of benzene rings is 2. The van der Waals surface area contributed by atoms with Crippen LogP contribution < -0.4 is 3.32 Å². The molecule has 0 heterocycles. The molecule has 2 aliphatic rings. The number of fused-ring (bicyclic) bond motifs is 3. The summed E-state index contributed by atoms with van der Waals surface area (Å²) in [6, 6.07) is 12.2. The van der Waals surface area contributed by atoms with Gasteiger partial charge in [-0.05, 0) is 0 Å². The van der Waals surface area contributed by atoms with Crippen LogP contribution in [-0.2, 0) is 38.2 Å². The number of rotatable bonds is 5. The van der Waals surface area contributed by atoms with Crippen LogP contribution in [0.3, 0.4) is 0 Å². The molecule has 35 heavy (non-hydrogen) atoms. The standard InChI is InChI=1S/C21H25.C6H10.C5H5.2ClH.Hf/c1-20(2,3)16-7-9-18-14(12-16)11-15-13-17(21(4,5)6)8-10-19(15)18;1-3-5-6-4-2;1-2-4-5-3-1;;;/h7-10,12H,11H2,1-6H3;3H,1,5-6H2,2H3;1-3H,4H2;2*1H;. The van der Waals surface area contributed by atoms with Crippen molar-refractivity contribution in [3.63, 3.8) is 0 Å². The van der Waals surface area contributed by atoms with Crippen molar-refractivity contribution in [1.29, 1.82) is 0 Å². The predicted octanol–water partition coefficient (Wildman–Crippen LogP) is 8.94. The number of hydrogen-bond donors (Lipinski definition) is 0. The van der Waals surface area contributed by atoms with Crippen molar-refractivity contribution in [3.8, 4) is 11.1 Å². The topological polar surface area (TPSA) is 0 Å². The molecule has 0 aromatic heterocycles. The summed E-state index contributed by atoms with van der Waals surface area (Å²) >= 11 is -2.44. The summed E-state index contributed by atoms with van der Waals surface area (Å²) in [6.07, 6.45) is 13.8. The number of halogens is 2. The van der Waals surface area contributed by atoms with Crippen molar-refractivity contribution >= 4 is 31.4 Å². The molecule has 4 rings (SSSR count). The van der Waals surface area contributed by atoms with Gasteiger partial charge in [0.15, 0.2) is 0 Å². The van der Waals surface area contributed by atoms with Crippen LogP contribution in [0.5, 0.6) is 0 Å². The zero-order valence-electron chi connectivity index (χ0n) is 22.5. The van der Waals surface area contributed by atoms with Crippen LogP contribution in [-0.4, -0.2) is 3.26 Å². The summed E-state index contributed by atoms with van der Waals surface area (Å²) < 4.78 is 5.32.